The number of anilines is 6. The Morgan fingerprint density at radius 2 is 0.395 bits per heavy atom. The van der Waals surface area contributed by atoms with Gasteiger partial charge in [0, 0.05) is 70.4 Å². The maximum Gasteiger partial charge on any atom is 0.0347 e. The van der Waals surface area contributed by atoms with Crippen LogP contribution in [0.2, 0.25) is 0 Å². The maximum atomic E-state index is 3.39. The summed E-state index contributed by atoms with van der Waals surface area (Å²) in [6.07, 6.45) is 7.43. The van der Waals surface area contributed by atoms with E-state index in [9.17, 15) is 0 Å². The molecule has 0 atom stereocenters. The Labute approximate surface area is 550 Å². The molecular weight excluding hydrogens is 1210 g/mol. The molecule has 0 saturated heterocycles. The van der Waals surface area contributed by atoms with E-state index >= 15 is 0 Å². The van der Waals surface area contributed by atoms with Crippen molar-refractivity contribution in [2.24, 2.45) is 0 Å². The van der Waals surface area contributed by atoms with E-state index in [1.165, 1.54) is 151 Å². The van der Waals surface area contributed by atoms with Crippen LogP contribution in [0.1, 0.15) is 202 Å². The average Bonchev–Trinajstić information content (AvgIpc) is 3.37. The van der Waals surface area contributed by atoms with E-state index in [0.717, 1.165) is 0 Å². The summed E-state index contributed by atoms with van der Waals surface area (Å²) < 4.78 is 6.65. The zero-order valence-corrected chi connectivity index (χ0v) is 62.9. The minimum absolute atomic E-state index is 0.506. The molecule has 8 heteroatoms. The van der Waals surface area contributed by atoms with Gasteiger partial charge < -0.3 is 31.9 Å². The normalized spacial score (nSPS) is 10.6. The second-order valence-corrected chi connectivity index (χ2v) is 26.4. The fourth-order valence-electron chi connectivity index (χ4n) is 9.58. The first-order valence-electron chi connectivity index (χ1n) is 31.8. The van der Waals surface area contributed by atoms with Gasteiger partial charge in [0.05, 0.1) is 0 Å². The topological polar surface area (TPSA) is 72.2 Å². The summed E-state index contributed by atoms with van der Waals surface area (Å²) in [7, 11) is 0. The van der Waals surface area contributed by atoms with Gasteiger partial charge in [0.25, 0.3) is 0 Å². The van der Waals surface area contributed by atoms with E-state index in [2.05, 4.69) is 330 Å². The average molecular weight is 1330 g/mol. The molecule has 0 aromatic heterocycles. The number of aryl methyl sites for hydroxylation is 12. The summed E-state index contributed by atoms with van der Waals surface area (Å²) in [4.78, 5) is 0. The van der Waals surface area contributed by atoms with Crippen LogP contribution in [0, 0.1) is 91.5 Å². The van der Waals surface area contributed by atoms with Crippen LogP contribution < -0.4 is 31.9 Å². The molecule has 0 unspecified atom stereocenters. The molecule has 6 rings (SSSR count). The van der Waals surface area contributed by atoms with Gasteiger partial charge in [-0.25, -0.2) is 0 Å². The maximum absolute atomic E-state index is 3.39. The summed E-state index contributed by atoms with van der Waals surface area (Å²) in [5.74, 6) is 0. The summed E-state index contributed by atoms with van der Waals surface area (Å²) in [5.41, 5.74) is 26.0. The largest absolute Gasteiger partial charge is 0.383 e. The number of allylic oxidation sites excluding steroid dienone is 2. The SMILES string of the molecule is CCCC/C([C]#[Mo])=C(\[C]#[Mo])CCCC.Cc1cc(C)cc(NC(C)C)c1.Cc1cc(C)cc(NC(C)C)c1.Cc1cc(C)cc(NC(C)C)c1.Cc1cc(C)cc(NC(C)C)c1.Cc1cc(C)cc(NC(C)C)c1.Cc1cc(C)cc(NC(C)C)c1. The van der Waals surface area contributed by atoms with Crippen LogP contribution in [0.3, 0.4) is 0 Å². The minimum atomic E-state index is 0.506. The van der Waals surface area contributed by atoms with E-state index in [0.29, 0.717) is 36.3 Å². The molecule has 86 heavy (non-hydrogen) atoms. The number of unbranched alkanes of at least 4 members (excludes halogenated alkanes) is 2. The second-order valence-electron chi connectivity index (χ2n) is 25.4. The predicted octanol–water partition coefficient (Wildman–Crippen LogP) is 22.4. The Morgan fingerprint density at radius 3 is 0.488 bits per heavy atom. The number of benzene rings is 6. The van der Waals surface area contributed by atoms with Crippen LogP contribution in [0.5, 0.6) is 0 Å². The van der Waals surface area contributed by atoms with Gasteiger partial charge in [-0.3, -0.25) is 0 Å². The summed E-state index contributed by atoms with van der Waals surface area (Å²) in [5, 5.41) is 20.3. The number of rotatable bonds is 18. The van der Waals surface area contributed by atoms with Crippen molar-refractivity contribution < 1.29 is 38.3 Å². The molecule has 0 aliphatic carbocycles. The van der Waals surface area contributed by atoms with Gasteiger partial charge in [0.1, 0.15) is 0 Å². The zero-order valence-electron chi connectivity index (χ0n) is 58.9. The molecule has 0 heterocycles. The fourth-order valence-corrected chi connectivity index (χ4v) is 10.7. The van der Waals surface area contributed by atoms with Crippen LogP contribution in [-0.2, 0) is 38.3 Å². The van der Waals surface area contributed by atoms with Gasteiger partial charge >= 0.3 is 110 Å². The second kappa shape index (κ2) is 45.1. The smallest absolute Gasteiger partial charge is 0.0347 e. The first kappa shape index (κ1) is 80.8. The van der Waals surface area contributed by atoms with E-state index in [4.69, 9.17) is 0 Å². The van der Waals surface area contributed by atoms with Gasteiger partial charge in [0.15, 0.2) is 0 Å². The van der Waals surface area contributed by atoms with Crippen LogP contribution in [-0.4, -0.2) is 36.3 Å². The first-order valence-corrected chi connectivity index (χ1v) is 33.8. The Kier molecular flexibility index (Phi) is 42.4. The monoisotopic (exact) mass is 1340 g/mol. The third-order valence-corrected chi connectivity index (χ3v) is 13.4. The van der Waals surface area contributed by atoms with Gasteiger partial charge in [-0.15, -0.1) is 0 Å². The summed E-state index contributed by atoms with van der Waals surface area (Å²) >= 11 is 3.91. The molecule has 0 fully saturated rings. The molecule has 0 aliphatic heterocycles. The Hall–Kier alpha value is -5.20. The molecule has 0 aliphatic rings. The number of hydrogen-bond acceptors (Lipinski definition) is 6. The van der Waals surface area contributed by atoms with Crippen LogP contribution in [0.25, 0.3) is 0 Å². The Balaban J connectivity index is 0.000000980. The quantitative estimate of drug-likeness (QED) is 0.0482. The molecule has 6 aromatic carbocycles. The van der Waals surface area contributed by atoms with E-state index in [-0.39, 0.29) is 0 Å². The van der Waals surface area contributed by atoms with Crippen LogP contribution >= 0.6 is 0 Å². The van der Waals surface area contributed by atoms with Crippen molar-refractivity contribution in [3.8, 4) is 8.40 Å². The van der Waals surface area contributed by atoms with Crippen LogP contribution in [0.4, 0.5) is 34.1 Å². The molecule has 6 N–H and O–H groups in total. The third-order valence-electron chi connectivity index (χ3n) is 12.2. The first-order chi connectivity index (χ1) is 40.2. The van der Waals surface area contributed by atoms with Crippen molar-refractivity contribution in [2.45, 2.75) is 255 Å². The van der Waals surface area contributed by atoms with Gasteiger partial charge in [0.2, 0.25) is 0 Å². The van der Waals surface area contributed by atoms with Crippen molar-refractivity contribution in [3.63, 3.8) is 0 Å². The molecule has 0 spiro atoms. The molecule has 0 radical (unpaired) electrons. The van der Waals surface area contributed by atoms with E-state index in [1.807, 2.05) is 38.3 Å². The zero-order chi connectivity index (χ0) is 65.6. The molecule has 0 bridgehead atoms. The standard InChI is InChI=1S/C12H18.6C11H17N.2Mo/c1-5-7-9-11(3)12(4)10-8-6-2;6*1-8(2)12-11-6-9(3)5-10(4)7-11;;/h5-10H2,1-2H3;6*5-8,12H,1-4H3;;/b12-11+;;;;;;;;. The van der Waals surface area contributed by atoms with Crippen molar-refractivity contribution in [2.75, 3.05) is 31.9 Å². The Bertz CT molecular complexity index is 2390. The molecule has 0 amide bonds. The van der Waals surface area contributed by atoms with Gasteiger partial charge in [-0.05, 0) is 306 Å². The fraction of sp³-hybridized carbons (Fsp3) is 0.487. The summed E-state index contributed by atoms with van der Waals surface area (Å²) in [6.45, 7) is 55.8. The van der Waals surface area contributed by atoms with E-state index in [1.54, 1.807) is 0 Å². The third kappa shape index (κ3) is 41.8. The van der Waals surface area contributed by atoms with Crippen molar-refractivity contribution in [1.29, 1.82) is 0 Å². The Morgan fingerprint density at radius 1 is 0.267 bits per heavy atom. The molecular formula is C78H120Mo2N6. The summed E-state index contributed by atoms with van der Waals surface area (Å²) in [6, 6.07) is 42.2. The minimum Gasteiger partial charge on any atom is -0.383 e. The predicted molar refractivity (Wildman–Crippen MR) is 382 cm³/mol. The van der Waals surface area contributed by atoms with E-state index < -0.39 is 0 Å². The molecule has 0 saturated carbocycles. The van der Waals surface area contributed by atoms with Crippen molar-refractivity contribution >= 4 is 34.1 Å². The van der Waals surface area contributed by atoms with Crippen LogP contribution in [0.15, 0.2) is 120 Å². The van der Waals surface area contributed by atoms with Gasteiger partial charge in [-0.2, -0.15) is 0 Å². The molecule has 6 aromatic rings. The van der Waals surface area contributed by atoms with Crippen molar-refractivity contribution in [3.05, 3.63) is 187 Å². The molecule has 474 valence electrons. The molecule has 6 nitrogen and oxygen atoms in total. The van der Waals surface area contributed by atoms with Crippen molar-refractivity contribution in [1.82, 2.24) is 0 Å². The number of hydrogen-bond donors (Lipinski definition) is 6. The number of nitrogens with one attached hydrogen (secondary N) is 6. The van der Waals surface area contributed by atoms with Gasteiger partial charge in [-0.1, -0.05) is 36.4 Å².